The first-order valence-corrected chi connectivity index (χ1v) is 12.9. The molecule has 3 atom stereocenters. The van der Waals surface area contributed by atoms with E-state index in [0.29, 0.717) is 18.5 Å². The molecule has 2 aromatic heterocycles. The maximum absolute atomic E-state index is 8.84. The van der Waals surface area contributed by atoms with E-state index >= 15 is 0 Å². The minimum absolute atomic E-state index is 0.0917. The molecule has 0 saturated heterocycles. The van der Waals surface area contributed by atoms with E-state index in [0.717, 1.165) is 42.8 Å². The van der Waals surface area contributed by atoms with Gasteiger partial charge in [0.25, 0.3) is 0 Å². The first-order valence-electron chi connectivity index (χ1n) is 9.91. The Labute approximate surface area is 168 Å². The van der Waals surface area contributed by atoms with E-state index in [1.54, 1.807) is 4.57 Å². The molecule has 2 aromatic rings. The molecule has 1 aliphatic carbocycles. The summed E-state index contributed by atoms with van der Waals surface area (Å²) in [6.07, 6.45) is 13.1. The molecule has 7 nitrogen and oxygen atoms in total. The van der Waals surface area contributed by atoms with E-state index < -0.39 is 10.0 Å². The fraction of sp³-hybridized carbons (Fsp3) is 0.650. The molecule has 0 amide bonds. The van der Waals surface area contributed by atoms with Gasteiger partial charge < -0.3 is 15.0 Å². The van der Waals surface area contributed by atoms with Crippen molar-refractivity contribution < 1.29 is 4.74 Å². The van der Waals surface area contributed by atoms with Gasteiger partial charge >= 0.3 is 0 Å². The molecular formula is C20H34N6OS. The van der Waals surface area contributed by atoms with Crippen LogP contribution in [0.25, 0.3) is 11.2 Å². The molecule has 2 heterocycles. The Balaban J connectivity index is 1.84. The highest BCUT2D eigenvalue weighted by molar-refractivity contribution is 8.32. The Morgan fingerprint density at radius 1 is 1.36 bits per heavy atom. The molecule has 1 fully saturated rings. The molecule has 3 unspecified atom stereocenters. The molecule has 1 saturated carbocycles. The molecule has 3 rings (SSSR count). The summed E-state index contributed by atoms with van der Waals surface area (Å²) in [7, 11) is -0.570. The Hall–Kier alpha value is -1.64. The standard InChI is InChI=1S/C20H34N6OS/c1-5-14-10-15(21)11-16(14)19(23)26-17-6-7-25(20(17)24-12-18(26)22)13-27-8-9-28(2,3)4/h6-7,12,14-16,22-23H,5,8-11,13,21H2,1-4H3. The van der Waals surface area contributed by atoms with Crippen molar-refractivity contribution in [2.24, 2.45) is 17.6 Å². The Morgan fingerprint density at radius 3 is 2.79 bits per heavy atom. The van der Waals surface area contributed by atoms with Crippen LogP contribution in [0.4, 0.5) is 0 Å². The van der Waals surface area contributed by atoms with E-state index in [1.165, 1.54) is 6.20 Å². The summed E-state index contributed by atoms with van der Waals surface area (Å²) >= 11 is 0. The smallest absolute Gasteiger partial charge is 0.159 e. The molecule has 0 radical (unpaired) electrons. The van der Waals surface area contributed by atoms with Crippen LogP contribution in [0, 0.1) is 22.7 Å². The lowest BCUT2D eigenvalue weighted by atomic mass is 9.92. The van der Waals surface area contributed by atoms with Crippen LogP contribution in [0.15, 0.2) is 18.5 Å². The number of nitrogens with two attached hydrogens (primary N) is 1. The number of hydrogen-bond acceptors (Lipinski definition) is 5. The quantitative estimate of drug-likeness (QED) is 0.374. The minimum atomic E-state index is -0.570. The predicted molar refractivity (Wildman–Crippen MR) is 117 cm³/mol. The zero-order chi connectivity index (χ0) is 20.5. The number of nitrogens with one attached hydrogen (secondary N) is 2. The molecule has 0 aliphatic heterocycles. The van der Waals surface area contributed by atoms with Crippen molar-refractivity contribution in [1.82, 2.24) is 14.1 Å². The number of aromatic nitrogens is 3. The first kappa shape index (κ1) is 21.1. The highest BCUT2D eigenvalue weighted by Gasteiger charge is 2.35. The summed E-state index contributed by atoms with van der Waals surface area (Å²) in [5.74, 6) is 2.03. The average Bonchev–Trinajstić information content (AvgIpc) is 3.20. The van der Waals surface area contributed by atoms with E-state index in [1.807, 2.05) is 16.8 Å². The fourth-order valence-corrected chi connectivity index (χ4v) is 4.65. The lowest BCUT2D eigenvalue weighted by molar-refractivity contribution is 0.0923. The lowest BCUT2D eigenvalue weighted by Gasteiger charge is -2.24. The number of ether oxygens (including phenoxy) is 1. The summed E-state index contributed by atoms with van der Waals surface area (Å²) in [5.41, 5.74) is 7.95. The van der Waals surface area contributed by atoms with Gasteiger partial charge in [-0.15, -0.1) is 0 Å². The van der Waals surface area contributed by atoms with Gasteiger partial charge in [0.1, 0.15) is 18.1 Å². The van der Waals surface area contributed by atoms with Crippen LogP contribution in [0.2, 0.25) is 0 Å². The van der Waals surface area contributed by atoms with Crippen LogP contribution in [0.3, 0.4) is 0 Å². The third kappa shape index (κ3) is 4.50. The van der Waals surface area contributed by atoms with Crippen LogP contribution in [-0.2, 0) is 11.5 Å². The number of hydrogen-bond donors (Lipinski definition) is 3. The molecule has 0 bridgehead atoms. The highest BCUT2D eigenvalue weighted by Crippen LogP contribution is 2.35. The second-order valence-corrected chi connectivity index (χ2v) is 13.3. The second kappa shape index (κ2) is 8.39. The van der Waals surface area contributed by atoms with Crippen molar-refractivity contribution in [2.45, 2.75) is 39.0 Å². The summed E-state index contributed by atoms with van der Waals surface area (Å²) in [4.78, 5) is 4.45. The molecule has 156 valence electrons. The van der Waals surface area contributed by atoms with Crippen molar-refractivity contribution in [1.29, 1.82) is 10.8 Å². The molecule has 0 spiro atoms. The summed E-state index contributed by atoms with van der Waals surface area (Å²) in [6, 6.07) is 2.08. The number of nitrogens with zero attached hydrogens (tertiary/aromatic N) is 3. The number of fused-ring (bicyclic) bond motifs is 1. The first-order chi connectivity index (χ1) is 13.2. The molecule has 8 heteroatoms. The van der Waals surface area contributed by atoms with Crippen molar-refractivity contribution in [2.75, 3.05) is 31.1 Å². The van der Waals surface area contributed by atoms with Crippen LogP contribution in [0.5, 0.6) is 0 Å². The van der Waals surface area contributed by atoms with Gasteiger partial charge in [0.15, 0.2) is 5.65 Å². The van der Waals surface area contributed by atoms with Gasteiger partial charge in [-0.3, -0.25) is 15.4 Å². The van der Waals surface area contributed by atoms with E-state index in [9.17, 15) is 0 Å². The normalized spacial score (nSPS) is 23.4. The average molecular weight is 407 g/mol. The highest BCUT2D eigenvalue weighted by atomic mass is 32.3. The van der Waals surface area contributed by atoms with Gasteiger partial charge in [0.2, 0.25) is 0 Å². The van der Waals surface area contributed by atoms with Crippen molar-refractivity contribution in [3.8, 4) is 0 Å². The molecule has 1 aliphatic rings. The second-order valence-electron chi connectivity index (χ2n) is 8.70. The monoisotopic (exact) mass is 406 g/mol. The van der Waals surface area contributed by atoms with Gasteiger partial charge in [-0.25, -0.2) is 15.0 Å². The van der Waals surface area contributed by atoms with Crippen LogP contribution < -0.4 is 11.2 Å². The minimum Gasteiger partial charge on any atom is -0.360 e. The Kier molecular flexibility index (Phi) is 6.31. The van der Waals surface area contributed by atoms with E-state index in [4.69, 9.17) is 21.3 Å². The fourth-order valence-electron chi connectivity index (χ4n) is 4.03. The third-order valence-corrected chi connectivity index (χ3v) is 7.01. The van der Waals surface area contributed by atoms with Crippen LogP contribution >= 0.6 is 10.0 Å². The van der Waals surface area contributed by atoms with Gasteiger partial charge in [0.05, 0.1) is 18.3 Å². The van der Waals surface area contributed by atoms with Crippen LogP contribution in [-0.4, -0.2) is 57.1 Å². The summed E-state index contributed by atoms with van der Waals surface area (Å²) < 4.78 is 9.54. The van der Waals surface area contributed by atoms with Crippen molar-refractivity contribution in [3.63, 3.8) is 0 Å². The zero-order valence-electron chi connectivity index (χ0n) is 17.4. The van der Waals surface area contributed by atoms with Crippen LogP contribution in [0.1, 0.15) is 26.2 Å². The van der Waals surface area contributed by atoms with E-state index in [2.05, 4.69) is 30.7 Å². The predicted octanol–water partition coefficient (Wildman–Crippen LogP) is 2.57. The van der Waals surface area contributed by atoms with Crippen molar-refractivity contribution >= 4 is 27.0 Å². The molecule has 4 N–H and O–H groups in total. The Morgan fingerprint density at radius 2 is 2.11 bits per heavy atom. The third-order valence-electron chi connectivity index (χ3n) is 5.62. The maximum Gasteiger partial charge on any atom is 0.159 e. The zero-order valence-corrected chi connectivity index (χ0v) is 18.3. The van der Waals surface area contributed by atoms with E-state index in [-0.39, 0.29) is 17.4 Å². The van der Waals surface area contributed by atoms with Crippen molar-refractivity contribution in [3.05, 3.63) is 23.9 Å². The SMILES string of the molecule is CCC1CC(N)CC1C(=N)n1c(=N)cnc2c1ccn2COCCS(C)(C)C. The van der Waals surface area contributed by atoms with Gasteiger partial charge in [0, 0.05) is 23.9 Å². The van der Waals surface area contributed by atoms with Gasteiger partial charge in [-0.1, -0.05) is 13.3 Å². The summed E-state index contributed by atoms with van der Waals surface area (Å²) in [5, 5.41) is 17.2. The Bertz CT molecular complexity index is 896. The maximum atomic E-state index is 8.84. The molecular weight excluding hydrogens is 372 g/mol. The summed E-state index contributed by atoms with van der Waals surface area (Å²) in [6.45, 7) is 3.32. The lowest BCUT2D eigenvalue weighted by Crippen LogP contribution is -2.34. The molecule has 28 heavy (non-hydrogen) atoms. The topological polar surface area (TPSA) is 106 Å². The largest absolute Gasteiger partial charge is 0.360 e. The molecule has 0 aromatic carbocycles. The van der Waals surface area contributed by atoms with Gasteiger partial charge in [-0.05, 0) is 43.6 Å². The van der Waals surface area contributed by atoms with Gasteiger partial charge in [-0.2, -0.15) is 0 Å². The number of rotatable bonds is 7.